The third-order valence-corrected chi connectivity index (χ3v) is 3.61. The van der Waals surface area contributed by atoms with Gasteiger partial charge in [0, 0.05) is 11.1 Å². The average Bonchev–Trinajstić information content (AvgIpc) is 2.53. The standard InChI is InChI=1S/C18H13F3N2O/c1-11-15(9-12-5-2-3-8-16(12)22-11)17(24)23-14-7-4-6-13(10-14)18(19,20)21/h2-10H,1H3,(H,23,24). The van der Waals surface area contributed by atoms with E-state index in [1.807, 2.05) is 24.3 Å². The van der Waals surface area contributed by atoms with Crippen LogP contribution < -0.4 is 5.32 Å². The number of benzene rings is 2. The fourth-order valence-corrected chi connectivity index (χ4v) is 2.41. The summed E-state index contributed by atoms with van der Waals surface area (Å²) in [6.45, 7) is 1.69. The molecular weight excluding hydrogens is 317 g/mol. The number of carbonyl (C=O) groups excluding carboxylic acids is 1. The molecule has 3 nitrogen and oxygen atoms in total. The van der Waals surface area contributed by atoms with Crippen LogP contribution >= 0.6 is 0 Å². The predicted molar refractivity (Wildman–Crippen MR) is 85.9 cm³/mol. The molecule has 1 amide bonds. The molecule has 0 aliphatic heterocycles. The number of anilines is 1. The van der Waals surface area contributed by atoms with Crippen LogP contribution in [-0.4, -0.2) is 10.9 Å². The summed E-state index contributed by atoms with van der Waals surface area (Å²) >= 11 is 0. The van der Waals surface area contributed by atoms with Gasteiger partial charge in [0.05, 0.1) is 22.3 Å². The maximum atomic E-state index is 12.7. The number of fused-ring (bicyclic) bond motifs is 1. The van der Waals surface area contributed by atoms with Gasteiger partial charge in [0.1, 0.15) is 0 Å². The highest BCUT2D eigenvalue weighted by molar-refractivity contribution is 6.06. The van der Waals surface area contributed by atoms with Crippen molar-refractivity contribution in [2.45, 2.75) is 13.1 Å². The Bertz CT molecular complexity index is 920. The molecule has 0 saturated heterocycles. The summed E-state index contributed by atoms with van der Waals surface area (Å²) in [5, 5.41) is 3.29. The van der Waals surface area contributed by atoms with Crippen molar-refractivity contribution in [2.75, 3.05) is 5.32 Å². The number of halogens is 3. The van der Waals surface area contributed by atoms with E-state index < -0.39 is 17.6 Å². The van der Waals surface area contributed by atoms with E-state index in [2.05, 4.69) is 10.3 Å². The van der Waals surface area contributed by atoms with Crippen LogP contribution in [0.15, 0.2) is 54.6 Å². The number of hydrogen-bond acceptors (Lipinski definition) is 2. The number of aryl methyl sites for hydroxylation is 1. The Hall–Kier alpha value is -2.89. The van der Waals surface area contributed by atoms with E-state index in [0.29, 0.717) is 11.3 Å². The zero-order valence-corrected chi connectivity index (χ0v) is 12.7. The molecule has 1 aromatic heterocycles. The third-order valence-electron chi connectivity index (χ3n) is 3.61. The molecule has 3 aromatic rings. The number of hydrogen-bond donors (Lipinski definition) is 1. The van der Waals surface area contributed by atoms with Crippen molar-refractivity contribution >= 4 is 22.5 Å². The van der Waals surface area contributed by atoms with E-state index >= 15 is 0 Å². The summed E-state index contributed by atoms with van der Waals surface area (Å²) in [6.07, 6.45) is -4.46. The molecular formula is C18H13F3N2O. The molecule has 0 bridgehead atoms. The molecule has 0 aliphatic carbocycles. The summed E-state index contributed by atoms with van der Waals surface area (Å²) in [5.74, 6) is -0.495. The number of rotatable bonds is 2. The van der Waals surface area contributed by atoms with Crippen LogP contribution in [0.1, 0.15) is 21.6 Å². The number of carbonyl (C=O) groups is 1. The smallest absolute Gasteiger partial charge is 0.322 e. The summed E-state index contributed by atoms with van der Waals surface area (Å²) in [6, 6.07) is 13.5. The molecule has 1 N–H and O–H groups in total. The largest absolute Gasteiger partial charge is 0.416 e. The molecule has 24 heavy (non-hydrogen) atoms. The van der Waals surface area contributed by atoms with Crippen LogP contribution in [0.2, 0.25) is 0 Å². The van der Waals surface area contributed by atoms with Gasteiger partial charge < -0.3 is 5.32 Å². The minimum absolute atomic E-state index is 0.0855. The summed E-state index contributed by atoms with van der Waals surface area (Å²) in [5.41, 5.74) is 0.867. The van der Waals surface area contributed by atoms with Gasteiger partial charge in [-0.15, -0.1) is 0 Å². The maximum absolute atomic E-state index is 12.7. The maximum Gasteiger partial charge on any atom is 0.416 e. The van der Waals surface area contributed by atoms with Gasteiger partial charge in [-0.3, -0.25) is 9.78 Å². The van der Waals surface area contributed by atoms with Crippen molar-refractivity contribution in [1.82, 2.24) is 4.98 Å². The SMILES string of the molecule is Cc1nc2ccccc2cc1C(=O)Nc1cccc(C(F)(F)F)c1. The quantitative estimate of drug-likeness (QED) is 0.732. The lowest BCUT2D eigenvalue weighted by molar-refractivity contribution is -0.137. The van der Waals surface area contributed by atoms with Gasteiger partial charge in [-0.25, -0.2) is 0 Å². The molecule has 0 saturated carbocycles. The van der Waals surface area contributed by atoms with E-state index in [1.54, 1.807) is 13.0 Å². The van der Waals surface area contributed by atoms with Crippen LogP contribution in [0.3, 0.4) is 0 Å². The Morgan fingerprint density at radius 1 is 1.04 bits per heavy atom. The monoisotopic (exact) mass is 330 g/mol. The van der Waals surface area contributed by atoms with Crippen molar-refractivity contribution in [3.05, 3.63) is 71.4 Å². The number of nitrogens with one attached hydrogen (secondary N) is 1. The van der Waals surface area contributed by atoms with E-state index in [-0.39, 0.29) is 5.69 Å². The summed E-state index contributed by atoms with van der Waals surface area (Å²) in [7, 11) is 0. The van der Waals surface area contributed by atoms with Gasteiger partial charge in [-0.2, -0.15) is 13.2 Å². The fourth-order valence-electron chi connectivity index (χ4n) is 2.41. The first-order valence-electron chi connectivity index (χ1n) is 7.19. The summed E-state index contributed by atoms with van der Waals surface area (Å²) in [4.78, 5) is 16.8. The highest BCUT2D eigenvalue weighted by Gasteiger charge is 2.30. The van der Waals surface area contributed by atoms with Crippen molar-refractivity contribution in [2.24, 2.45) is 0 Å². The number of pyridine rings is 1. The molecule has 6 heteroatoms. The Morgan fingerprint density at radius 3 is 2.54 bits per heavy atom. The molecule has 122 valence electrons. The lowest BCUT2D eigenvalue weighted by atomic mass is 10.1. The zero-order valence-electron chi connectivity index (χ0n) is 12.7. The zero-order chi connectivity index (χ0) is 17.3. The van der Waals surface area contributed by atoms with E-state index in [0.717, 1.165) is 23.0 Å². The van der Waals surface area contributed by atoms with Gasteiger partial charge in [0.25, 0.3) is 5.91 Å². The Kier molecular flexibility index (Phi) is 3.97. The van der Waals surface area contributed by atoms with Crippen LogP contribution in [0.5, 0.6) is 0 Å². The minimum atomic E-state index is -4.46. The first-order chi connectivity index (χ1) is 11.3. The fraction of sp³-hybridized carbons (Fsp3) is 0.111. The van der Waals surface area contributed by atoms with Crippen LogP contribution in [0, 0.1) is 6.92 Å². The van der Waals surface area contributed by atoms with Crippen molar-refractivity contribution in [3.63, 3.8) is 0 Å². The molecule has 1 heterocycles. The second-order valence-corrected chi connectivity index (χ2v) is 5.35. The number of amides is 1. The Morgan fingerprint density at radius 2 is 1.79 bits per heavy atom. The van der Waals surface area contributed by atoms with Gasteiger partial charge in [0.2, 0.25) is 0 Å². The van der Waals surface area contributed by atoms with Gasteiger partial charge in [-0.1, -0.05) is 24.3 Å². The molecule has 0 spiro atoms. The van der Waals surface area contributed by atoms with E-state index in [4.69, 9.17) is 0 Å². The number of para-hydroxylation sites is 1. The van der Waals surface area contributed by atoms with Gasteiger partial charge in [-0.05, 0) is 37.3 Å². The molecule has 0 radical (unpaired) electrons. The molecule has 2 aromatic carbocycles. The highest BCUT2D eigenvalue weighted by atomic mass is 19.4. The van der Waals surface area contributed by atoms with E-state index in [9.17, 15) is 18.0 Å². The van der Waals surface area contributed by atoms with Crippen LogP contribution in [-0.2, 0) is 6.18 Å². The van der Waals surface area contributed by atoms with Crippen molar-refractivity contribution < 1.29 is 18.0 Å². The van der Waals surface area contributed by atoms with Gasteiger partial charge >= 0.3 is 6.18 Å². The lowest BCUT2D eigenvalue weighted by Gasteiger charge is -2.11. The van der Waals surface area contributed by atoms with Gasteiger partial charge in [0.15, 0.2) is 0 Å². The molecule has 0 unspecified atom stereocenters. The Balaban J connectivity index is 1.92. The topological polar surface area (TPSA) is 42.0 Å². The average molecular weight is 330 g/mol. The third kappa shape index (κ3) is 3.22. The molecule has 0 fully saturated rings. The summed E-state index contributed by atoms with van der Waals surface area (Å²) < 4.78 is 38.2. The number of alkyl halides is 3. The van der Waals surface area contributed by atoms with E-state index in [1.165, 1.54) is 12.1 Å². The second-order valence-electron chi connectivity index (χ2n) is 5.35. The molecule has 0 aliphatic rings. The first-order valence-corrected chi connectivity index (χ1v) is 7.19. The van der Waals surface area contributed by atoms with Crippen molar-refractivity contribution in [1.29, 1.82) is 0 Å². The lowest BCUT2D eigenvalue weighted by Crippen LogP contribution is -2.15. The number of nitrogens with zero attached hydrogens (tertiary/aromatic N) is 1. The van der Waals surface area contributed by atoms with Crippen molar-refractivity contribution in [3.8, 4) is 0 Å². The predicted octanol–water partition coefficient (Wildman–Crippen LogP) is 4.81. The molecule has 0 atom stereocenters. The van der Waals surface area contributed by atoms with Crippen LogP contribution in [0.25, 0.3) is 10.9 Å². The second kappa shape index (κ2) is 5.96. The Labute approximate surface area is 136 Å². The first kappa shape index (κ1) is 16.0. The minimum Gasteiger partial charge on any atom is -0.322 e. The normalized spacial score (nSPS) is 11.5. The highest BCUT2D eigenvalue weighted by Crippen LogP contribution is 2.30. The van der Waals surface area contributed by atoms with Crippen LogP contribution in [0.4, 0.5) is 18.9 Å². The number of aromatic nitrogens is 1. The molecule has 3 rings (SSSR count).